The van der Waals surface area contributed by atoms with Gasteiger partial charge in [-0.15, -0.1) is 0 Å². The number of aryl methyl sites for hydroxylation is 2. The first-order valence-electron chi connectivity index (χ1n) is 8.07. The van der Waals surface area contributed by atoms with Crippen LogP contribution in [0.4, 0.5) is 0 Å². The van der Waals surface area contributed by atoms with E-state index in [-0.39, 0.29) is 6.10 Å². The minimum atomic E-state index is -3.46. The minimum absolute atomic E-state index is 0.0540. The highest BCUT2D eigenvalue weighted by Gasteiger charge is 2.32. The summed E-state index contributed by atoms with van der Waals surface area (Å²) >= 11 is 0. The molecule has 1 aliphatic rings. The number of hydrogen-bond donors (Lipinski definition) is 0. The standard InChI is InChI=1S/C17H28N2O3S/c1-13-6-7-17(14(2)10-13)23(20,21)19-8-9-22-16(12-19)11-15(3)18(4)5/h6-7,10,15-16H,8-9,11-12H2,1-5H3/t15-,16+/m0/s1. The van der Waals surface area contributed by atoms with Crippen molar-refractivity contribution in [2.24, 2.45) is 0 Å². The molecule has 1 aromatic carbocycles. The zero-order chi connectivity index (χ0) is 17.2. The van der Waals surface area contributed by atoms with Crippen LogP contribution in [0.3, 0.4) is 0 Å². The van der Waals surface area contributed by atoms with Crippen molar-refractivity contribution < 1.29 is 13.2 Å². The van der Waals surface area contributed by atoms with E-state index >= 15 is 0 Å². The molecule has 2 atom stereocenters. The number of benzene rings is 1. The lowest BCUT2D eigenvalue weighted by Crippen LogP contribution is -2.47. The molecule has 1 fully saturated rings. The van der Waals surface area contributed by atoms with Gasteiger partial charge in [0.15, 0.2) is 0 Å². The molecule has 0 N–H and O–H groups in total. The quantitative estimate of drug-likeness (QED) is 0.823. The van der Waals surface area contributed by atoms with Gasteiger partial charge in [-0.05, 0) is 52.9 Å². The maximum atomic E-state index is 12.9. The highest BCUT2D eigenvalue weighted by atomic mass is 32.2. The van der Waals surface area contributed by atoms with Crippen LogP contribution in [0.25, 0.3) is 0 Å². The smallest absolute Gasteiger partial charge is 0.243 e. The highest BCUT2D eigenvalue weighted by Crippen LogP contribution is 2.24. The van der Waals surface area contributed by atoms with E-state index in [2.05, 4.69) is 11.8 Å². The lowest BCUT2D eigenvalue weighted by molar-refractivity contribution is -0.0156. The van der Waals surface area contributed by atoms with Crippen LogP contribution in [0, 0.1) is 13.8 Å². The number of sulfonamides is 1. The van der Waals surface area contributed by atoms with Gasteiger partial charge in [-0.2, -0.15) is 4.31 Å². The van der Waals surface area contributed by atoms with Gasteiger partial charge in [0, 0.05) is 19.1 Å². The molecule has 130 valence electrons. The van der Waals surface area contributed by atoms with E-state index in [1.165, 1.54) is 0 Å². The second-order valence-corrected chi connectivity index (χ2v) is 8.58. The first kappa shape index (κ1) is 18.4. The van der Waals surface area contributed by atoms with Gasteiger partial charge < -0.3 is 9.64 Å². The lowest BCUT2D eigenvalue weighted by Gasteiger charge is -2.34. The highest BCUT2D eigenvalue weighted by molar-refractivity contribution is 7.89. The van der Waals surface area contributed by atoms with Crippen LogP contribution in [-0.2, 0) is 14.8 Å². The Morgan fingerprint density at radius 2 is 2.04 bits per heavy atom. The summed E-state index contributed by atoms with van der Waals surface area (Å²) in [6, 6.07) is 5.83. The Hall–Kier alpha value is -0.950. The molecule has 1 saturated heterocycles. The summed E-state index contributed by atoms with van der Waals surface area (Å²) in [6.07, 6.45) is 0.771. The van der Waals surface area contributed by atoms with Gasteiger partial charge in [-0.3, -0.25) is 0 Å². The van der Waals surface area contributed by atoms with Gasteiger partial charge in [0.25, 0.3) is 0 Å². The van der Waals surface area contributed by atoms with Crippen molar-refractivity contribution in [2.45, 2.75) is 44.2 Å². The molecule has 0 unspecified atom stereocenters. The minimum Gasteiger partial charge on any atom is -0.375 e. The maximum absolute atomic E-state index is 12.9. The normalized spacial score (nSPS) is 21.6. The van der Waals surface area contributed by atoms with E-state index in [9.17, 15) is 8.42 Å². The summed E-state index contributed by atoms with van der Waals surface area (Å²) in [4.78, 5) is 2.53. The van der Waals surface area contributed by atoms with E-state index < -0.39 is 10.0 Å². The number of ether oxygens (including phenoxy) is 1. The fourth-order valence-electron chi connectivity index (χ4n) is 2.87. The summed E-state index contributed by atoms with van der Waals surface area (Å²) in [5.41, 5.74) is 1.87. The van der Waals surface area contributed by atoms with Crippen molar-refractivity contribution in [3.05, 3.63) is 29.3 Å². The maximum Gasteiger partial charge on any atom is 0.243 e. The summed E-state index contributed by atoms with van der Waals surface area (Å²) in [5.74, 6) is 0. The third-order valence-corrected chi connectivity index (χ3v) is 6.56. The fraction of sp³-hybridized carbons (Fsp3) is 0.647. The molecular formula is C17H28N2O3S. The molecule has 5 nitrogen and oxygen atoms in total. The number of morpholine rings is 1. The molecule has 0 aliphatic carbocycles. The van der Waals surface area contributed by atoms with E-state index in [4.69, 9.17) is 4.74 Å². The van der Waals surface area contributed by atoms with Crippen molar-refractivity contribution in [3.8, 4) is 0 Å². The second kappa shape index (κ2) is 7.30. The molecular weight excluding hydrogens is 312 g/mol. The average molecular weight is 340 g/mol. The van der Waals surface area contributed by atoms with Crippen LogP contribution >= 0.6 is 0 Å². The molecule has 23 heavy (non-hydrogen) atoms. The molecule has 1 aliphatic heterocycles. The van der Waals surface area contributed by atoms with Crippen molar-refractivity contribution in [2.75, 3.05) is 33.8 Å². The molecule has 1 aromatic rings. The Kier molecular flexibility index (Phi) is 5.84. The van der Waals surface area contributed by atoms with Crippen LogP contribution in [-0.4, -0.2) is 63.6 Å². The molecule has 0 saturated carbocycles. The van der Waals surface area contributed by atoms with Crippen LogP contribution in [0.1, 0.15) is 24.5 Å². The van der Waals surface area contributed by atoms with Gasteiger partial charge in [0.2, 0.25) is 10.0 Å². The Morgan fingerprint density at radius 3 is 2.65 bits per heavy atom. The van der Waals surface area contributed by atoms with E-state index in [1.54, 1.807) is 10.4 Å². The van der Waals surface area contributed by atoms with Gasteiger partial charge in [-0.1, -0.05) is 17.7 Å². The Bertz CT molecular complexity index is 643. The molecule has 0 amide bonds. The van der Waals surface area contributed by atoms with Crippen LogP contribution in [0.2, 0.25) is 0 Å². The fourth-order valence-corrected chi connectivity index (χ4v) is 4.53. The summed E-state index contributed by atoms with van der Waals surface area (Å²) in [5, 5.41) is 0. The third-order valence-electron chi connectivity index (χ3n) is 4.54. The molecule has 0 spiro atoms. The predicted octanol–water partition coefficient (Wildman–Crippen LogP) is 2.03. The van der Waals surface area contributed by atoms with E-state index in [1.807, 2.05) is 40.1 Å². The topological polar surface area (TPSA) is 49.9 Å². The number of rotatable bonds is 5. The van der Waals surface area contributed by atoms with Crippen molar-refractivity contribution in [3.63, 3.8) is 0 Å². The van der Waals surface area contributed by atoms with Crippen LogP contribution in [0.15, 0.2) is 23.1 Å². The second-order valence-electron chi connectivity index (χ2n) is 6.67. The largest absolute Gasteiger partial charge is 0.375 e. The Balaban J connectivity index is 2.16. The average Bonchev–Trinajstić information content (AvgIpc) is 2.47. The third kappa shape index (κ3) is 4.32. The van der Waals surface area contributed by atoms with Crippen LogP contribution < -0.4 is 0 Å². The Labute approximate surface area is 140 Å². The monoisotopic (exact) mass is 340 g/mol. The van der Waals surface area contributed by atoms with Crippen molar-refractivity contribution in [1.82, 2.24) is 9.21 Å². The number of hydrogen-bond acceptors (Lipinski definition) is 4. The van der Waals surface area contributed by atoms with Gasteiger partial charge in [-0.25, -0.2) is 8.42 Å². The van der Waals surface area contributed by atoms with Gasteiger partial charge >= 0.3 is 0 Å². The zero-order valence-corrected chi connectivity index (χ0v) is 15.6. The summed E-state index contributed by atoms with van der Waals surface area (Å²) in [6.45, 7) is 7.24. The van der Waals surface area contributed by atoms with Gasteiger partial charge in [0.1, 0.15) is 0 Å². The lowest BCUT2D eigenvalue weighted by atomic mass is 10.1. The molecule has 0 aromatic heterocycles. The molecule has 1 heterocycles. The summed E-state index contributed by atoms with van der Waals surface area (Å²) < 4.78 is 33.2. The first-order valence-corrected chi connectivity index (χ1v) is 9.51. The van der Waals surface area contributed by atoms with E-state index in [0.717, 1.165) is 17.5 Å². The van der Waals surface area contributed by atoms with Crippen LogP contribution in [0.5, 0.6) is 0 Å². The number of nitrogens with zero attached hydrogens (tertiary/aromatic N) is 2. The molecule has 6 heteroatoms. The molecule has 2 rings (SSSR count). The van der Waals surface area contributed by atoms with Crippen molar-refractivity contribution >= 4 is 10.0 Å². The SMILES string of the molecule is Cc1ccc(S(=O)(=O)N2CCO[C@H](C[C@H](C)N(C)C)C2)c(C)c1. The van der Waals surface area contributed by atoms with E-state index in [0.29, 0.717) is 30.6 Å². The Morgan fingerprint density at radius 1 is 1.35 bits per heavy atom. The summed E-state index contributed by atoms with van der Waals surface area (Å²) in [7, 11) is 0.592. The molecule has 0 radical (unpaired) electrons. The zero-order valence-electron chi connectivity index (χ0n) is 14.7. The predicted molar refractivity (Wildman–Crippen MR) is 92.2 cm³/mol. The van der Waals surface area contributed by atoms with Gasteiger partial charge in [0.05, 0.1) is 17.6 Å². The van der Waals surface area contributed by atoms with Crippen molar-refractivity contribution in [1.29, 1.82) is 0 Å². The first-order chi connectivity index (χ1) is 10.7. The molecule has 0 bridgehead atoms.